The van der Waals surface area contributed by atoms with Gasteiger partial charge in [-0.25, -0.2) is 0 Å². The average Bonchev–Trinajstić information content (AvgIpc) is 2.31. The first-order valence-electron chi connectivity index (χ1n) is 5.98. The van der Waals surface area contributed by atoms with Crippen molar-refractivity contribution in [1.82, 2.24) is 0 Å². The summed E-state index contributed by atoms with van der Waals surface area (Å²) in [5, 5.41) is 0. The lowest BCUT2D eigenvalue weighted by atomic mass is 10.0. The molecule has 0 aromatic heterocycles. The van der Waals surface area contributed by atoms with Gasteiger partial charge in [0.15, 0.2) is 0 Å². The van der Waals surface area contributed by atoms with Crippen LogP contribution in [-0.4, -0.2) is 15.6 Å². The minimum absolute atomic E-state index is 0.610. The predicted octanol–water partition coefficient (Wildman–Crippen LogP) is 3.81. The fourth-order valence-corrected chi connectivity index (χ4v) is 4.32. The molecule has 1 aliphatic heterocycles. The Kier molecular flexibility index (Phi) is 3.96. The Balaban J connectivity index is 2.00. The first kappa shape index (κ1) is 11.6. The van der Waals surface area contributed by atoms with Crippen LogP contribution in [0.3, 0.4) is 0 Å². The van der Waals surface area contributed by atoms with Crippen molar-refractivity contribution in [3.05, 3.63) is 42.0 Å². The van der Waals surface area contributed by atoms with Crippen LogP contribution in [0.2, 0.25) is 12.1 Å². The van der Waals surface area contributed by atoms with E-state index in [1.807, 2.05) is 0 Å². The van der Waals surface area contributed by atoms with Crippen molar-refractivity contribution >= 4 is 14.6 Å². The molecule has 0 bridgehead atoms. The zero-order valence-electron chi connectivity index (χ0n) is 9.96. The normalized spacial score (nSPS) is 17.3. The van der Waals surface area contributed by atoms with Crippen molar-refractivity contribution in [2.45, 2.75) is 31.9 Å². The van der Waals surface area contributed by atoms with Gasteiger partial charge >= 0.3 is 0 Å². The predicted molar refractivity (Wildman–Crippen MR) is 70.8 cm³/mol. The summed E-state index contributed by atoms with van der Waals surface area (Å²) in [7, 11) is -0.610. The van der Waals surface area contributed by atoms with E-state index in [1.54, 1.807) is 0 Å². The summed E-state index contributed by atoms with van der Waals surface area (Å²) in [5.74, 6) is 0. The van der Waals surface area contributed by atoms with Crippen molar-refractivity contribution in [1.29, 1.82) is 0 Å². The van der Waals surface area contributed by atoms with Crippen LogP contribution in [0.25, 0.3) is 5.57 Å². The molecule has 16 heavy (non-hydrogen) atoms. The Bertz CT molecular complexity index is 367. The minimum Gasteiger partial charge on any atom is -0.416 e. The second-order valence-electron chi connectivity index (χ2n) is 4.44. The van der Waals surface area contributed by atoms with E-state index in [2.05, 4.69) is 37.8 Å². The van der Waals surface area contributed by atoms with Crippen LogP contribution < -0.4 is 0 Å². The SMILES string of the molecule is C=C(C[Si]1CCCCO1)c1ccccc1C. The van der Waals surface area contributed by atoms with Gasteiger partial charge in [-0.15, -0.1) is 0 Å². The molecule has 2 rings (SSSR count). The van der Waals surface area contributed by atoms with Gasteiger partial charge in [0.05, 0.1) is 0 Å². The number of hydrogen-bond donors (Lipinski definition) is 0. The van der Waals surface area contributed by atoms with Gasteiger partial charge in [-0.1, -0.05) is 37.3 Å². The summed E-state index contributed by atoms with van der Waals surface area (Å²) in [6.45, 7) is 7.35. The number of rotatable bonds is 3. The van der Waals surface area contributed by atoms with Crippen LogP contribution in [0.4, 0.5) is 0 Å². The van der Waals surface area contributed by atoms with Crippen LogP contribution in [-0.2, 0) is 4.43 Å². The molecule has 1 nitrogen and oxygen atoms in total. The second-order valence-corrected chi connectivity index (χ2v) is 6.66. The van der Waals surface area contributed by atoms with Gasteiger partial charge < -0.3 is 4.43 Å². The maximum absolute atomic E-state index is 5.85. The standard InChI is InChI=1S/C14H19OSi/c1-12-7-3-4-8-14(12)13(2)11-16-10-6-5-9-15-16/h3-4,7-8H,2,5-6,9-11H2,1H3. The summed E-state index contributed by atoms with van der Waals surface area (Å²) < 4.78 is 5.85. The van der Waals surface area contributed by atoms with E-state index in [4.69, 9.17) is 4.43 Å². The Morgan fingerprint density at radius 2 is 2.19 bits per heavy atom. The van der Waals surface area contributed by atoms with Gasteiger partial charge in [0.25, 0.3) is 0 Å². The Morgan fingerprint density at radius 3 is 2.88 bits per heavy atom. The first-order valence-corrected chi connectivity index (χ1v) is 7.81. The molecule has 85 valence electrons. The summed E-state index contributed by atoms with van der Waals surface area (Å²) in [6, 6.07) is 10.9. The highest BCUT2D eigenvalue weighted by Crippen LogP contribution is 2.25. The molecule has 1 fully saturated rings. The van der Waals surface area contributed by atoms with E-state index in [0.717, 1.165) is 12.7 Å². The Labute approximate surface area is 99.9 Å². The molecule has 1 saturated heterocycles. The molecule has 0 spiro atoms. The van der Waals surface area contributed by atoms with Crippen LogP contribution >= 0.6 is 0 Å². The lowest BCUT2D eigenvalue weighted by Gasteiger charge is -2.21. The van der Waals surface area contributed by atoms with Gasteiger partial charge in [0.1, 0.15) is 0 Å². The van der Waals surface area contributed by atoms with Crippen molar-refractivity contribution in [2.24, 2.45) is 0 Å². The van der Waals surface area contributed by atoms with E-state index in [1.165, 1.54) is 35.6 Å². The summed E-state index contributed by atoms with van der Waals surface area (Å²) in [6.07, 6.45) is 2.58. The number of hydrogen-bond acceptors (Lipinski definition) is 1. The van der Waals surface area contributed by atoms with Crippen LogP contribution in [0.5, 0.6) is 0 Å². The van der Waals surface area contributed by atoms with Crippen LogP contribution in [0.1, 0.15) is 24.0 Å². The molecular weight excluding hydrogens is 212 g/mol. The summed E-state index contributed by atoms with van der Waals surface area (Å²) in [4.78, 5) is 0. The Morgan fingerprint density at radius 1 is 1.38 bits per heavy atom. The third-order valence-corrected chi connectivity index (χ3v) is 5.44. The molecule has 0 N–H and O–H groups in total. The van der Waals surface area contributed by atoms with E-state index >= 15 is 0 Å². The molecule has 0 aliphatic carbocycles. The number of aryl methyl sites for hydroxylation is 1. The largest absolute Gasteiger partial charge is 0.416 e. The highest BCUT2D eigenvalue weighted by atomic mass is 28.3. The molecule has 1 heterocycles. The van der Waals surface area contributed by atoms with Crippen molar-refractivity contribution < 1.29 is 4.43 Å². The minimum atomic E-state index is -0.610. The quantitative estimate of drug-likeness (QED) is 0.719. The van der Waals surface area contributed by atoms with E-state index < -0.39 is 9.04 Å². The van der Waals surface area contributed by atoms with Gasteiger partial charge in [-0.05, 0) is 42.1 Å². The molecular formula is C14H19OSi. The molecule has 0 unspecified atom stereocenters. The van der Waals surface area contributed by atoms with Crippen molar-refractivity contribution in [3.8, 4) is 0 Å². The van der Waals surface area contributed by atoms with Gasteiger partial charge in [-0.3, -0.25) is 0 Å². The van der Waals surface area contributed by atoms with E-state index in [-0.39, 0.29) is 0 Å². The lowest BCUT2D eigenvalue weighted by Crippen LogP contribution is -2.23. The van der Waals surface area contributed by atoms with E-state index in [0.29, 0.717) is 0 Å². The third-order valence-electron chi connectivity index (χ3n) is 3.09. The fourth-order valence-electron chi connectivity index (χ4n) is 2.16. The topological polar surface area (TPSA) is 9.23 Å². The fraction of sp³-hybridized carbons (Fsp3) is 0.429. The van der Waals surface area contributed by atoms with Crippen molar-refractivity contribution in [3.63, 3.8) is 0 Å². The third kappa shape index (κ3) is 2.83. The van der Waals surface area contributed by atoms with E-state index in [9.17, 15) is 0 Å². The summed E-state index contributed by atoms with van der Waals surface area (Å²) >= 11 is 0. The molecule has 0 atom stereocenters. The van der Waals surface area contributed by atoms with Gasteiger partial charge in [0.2, 0.25) is 9.04 Å². The zero-order chi connectivity index (χ0) is 11.4. The summed E-state index contributed by atoms with van der Waals surface area (Å²) in [5.41, 5.74) is 3.90. The number of allylic oxidation sites excluding steroid dienone is 1. The van der Waals surface area contributed by atoms with Crippen LogP contribution in [0.15, 0.2) is 30.8 Å². The average molecular weight is 231 g/mol. The highest BCUT2D eigenvalue weighted by molar-refractivity contribution is 6.54. The monoisotopic (exact) mass is 231 g/mol. The first-order chi connectivity index (χ1) is 7.77. The molecule has 1 aromatic rings. The maximum atomic E-state index is 5.85. The lowest BCUT2D eigenvalue weighted by molar-refractivity contribution is 0.289. The van der Waals surface area contributed by atoms with Gasteiger partial charge in [-0.2, -0.15) is 0 Å². The molecule has 1 aromatic carbocycles. The molecule has 1 radical (unpaired) electrons. The molecule has 2 heteroatoms. The van der Waals surface area contributed by atoms with Gasteiger partial charge in [0, 0.05) is 6.61 Å². The maximum Gasteiger partial charge on any atom is 0.215 e. The molecule has 0 saturated carbocycles. The van der Waals surface area contributed by atoms with Crippen molar-refractivity contribution in [2.75, 3.05) is 6.61 Å². The zero-order valence-corrected chi connectivity index (χ0v) is 11.0. The van der Waals surface area contributed by atoms with Crippen LogP contribution in [0, 0.1) is 6.92 Å². The highest BCUT2D eigenvalue weighted by Gasteiger charge is 2.19. The second kappa shape index (κ2) is 5.46. The number of benzene rings is 1. The molecule has 1 aliphatic rings. The Hall–Kier alpha value is -0.863. The smallest absolute Gasteiger partial charge is 0.215 e. The molecule has 0 amide bonds.